The van der Waals surface area contributed by atoms with E-state index in [0.717, 1.165) is 50.2 Å². The fourth-order valence-electron chi connectivity index (χ4n) is 4.21. The number of likely N-dealkylation sites (tertiary alicyclic amines) is 1. The molecule has 2 aliphatic heterocycles. The smallest absolute Gasteiger partial charge is 0.191 e. The molecule has 164 valence electrons. The van der Waals surface area contributed by atoms with Gasteiger partial charge in [0, 0.05) is 32.2 Å². The molecule has 0 radical (unpaired) electrons. The molecular weight excluding hydrogens is 477 g/mol. The molecule has 2 fully saturated rings. The Kier molecular flexibility index (Phi) is 10.3. The first kappa shape index (κ1) is 24.1. The van der Waals surface area contributed by atoms with E-state index < -0.39 is 0 Å². The number of rotatable bonds is 7. The summed E-state index contributed by atoms with van der Waals surface area (Å²) in [5.41, 5.74) is 1.18. The molecular formula is C22H38IN5O. The van der Waals surface area contributed by atoms with E-state index in [1.54, 1.807) is 7.11 Å². The van der Waals surface area contributed by atoms with Gasteiger partial charge in [-0.15, -0.1) is 24.0 Å². The molecule has 0 aliphatic carbocycles. The first-order chi connectivity index (χ1) is 13.7. The van der Waals surface area contributed by atoms with Gasteiger partial charge in [-0.2, -0.15) is 0 Å². The molecule has 2 saturated heterocycles. The van der Waals surface area contributed by atoms with Gasteiger partial charge in [-0.3, -0.25) is 4.99 Å². The number of benzene rings is 1. The quantitative estimate of drug-likeness (QED) is 0.332. The summed E-state index contributed by atoms with van der Waals surface area (Å²) in [6, 6.07) is 8.68. The molecule has 0 spiro atoms. The number of nitrogens with zero attached hydrogens (tertiary/aromatic N) is 3. The summed E-state index contributed by atoms with van der Waals surface area (Å²) < 4.78 is 5.53. The highest BCUT2D eigenvalue weighted by Crippen LogP contribution is 2.30. The summed E-state index contributed by atoms with van der Waals surface area (Å²) in [5.74, 6) is 2.74. The van der Waals surface area contributed by atoms with Crippen molar-refractivity contribution in [3.05, 3.63) is 24.3 Å². The number of halogens is 1. The summed E-state index contributed by atoms with van der Waals surface area (Å²) in [7, 11) is 3.96. The number of aliphatic imine (C=N–C) groups is 1. The van der Waals surface area contributed by atoms with Crippen molar-refractivity contribution in [2.75, 3.05) is 58.3 Å². The standard InChI is InChI=1S/C22H37N5O.HI/c1-4-23-22(24-13-9-18-10-14-26(2)15-11-18)25-19-12-16-27(17-19)20-7-5-6-8-21(20)28-3;/h5-8,18-19H,4,9-17H2,1-3H3,(H2,23,24,25);1H. The van der Waals surface area contributed by atoms with Crippen LogP contribution in [0.5, 0.6) is 5.75 Å². The van der Waals surface area contributed by atoms with Crippen LogP contribution in [0.15, 0.2) is 29.3 Å². The van der Waals surface area contributed by atoms with E-state index in [1.807, 2.05) is 12.1 Å². The lowest BCUT2D eigenvalue weighted by atomic mass is 9.94. The Hall–Kier alpha value is -1.22. The third-order valence-corrected chi connectivity index (χ3v) is 5.94. The SMILES string of the molecule is CCNC(=NCCC1CCN(C)CC1)NC1CCN(c2ccccc2OC)C1.I. The number of guanidine groups is 1. The van der Waals surface area contributed by atoms with Crippen molar-refractivity contribution >= 4 is 35.6 Å². The molecule has 1 unspecified atom stereocenters. The summed E-state index contributed by atoms with van der Waals surface area (Å²) in [6.45, 7) is 8.40. The first-order valence-electron chi connectivity index (χ1n) is 10.8. The minimum absolute atomic E-state index is 0. The topological polar surface area (TPSA) is 52.1 Å². The maximum absolute atomic E-state index is 5.53. The average molecular weight is 515 g/mol. The lowest BCUT2D eigenvalue weighted by Crippen LogP contribution is -2.44. The molecule has 2 N–H and O–H groups in total. The lowest BCUT2D eigenvalue weighted by Gasteiger charge is -2.28. The summed E-state index contributed by atoms with van der Waals surface area (Å²) in [5, 5.41) is 7.07. The summed E-state index contributed by atoms with van der Waals surface area (Å²) in [6.07, 6.45) is 4.93. The largest absolute Gasteiger partial charge is 0.495 e. The third kappa shape index (κ3) is 7.20. The van der Waals surface area contributed by atoms with Crippen molar-refractivity contribution < 1.29 is 4.74 Å². The van der Waals surface area contributed by atoms with Crippen LogP contribution in [0, 0.1) is 5.92 Å². The van der Waals surface area contributed by atoms with Gasteiger partial charge in [0.15, 0.2) is 5.96 Å². The fourth-order valence-corrected chi connectivity index (χ4v) is 4.21. The van der Waals surface area contributed by atoms with Gasteiger partial charge in [0.2, 0.25) is 0 Å². The van der Waals surface area contributed by atoms with E-state index in [4.69, 9.17) is 9.73 Å². The average Bonchev–Trinajstić information content (AvgIpc) is 3.18. The summed E-state index contributed by atoms with van der Waals surface area (Å²) in [4.78, 5) is 9.69. The van der Waals surface area contributed by atoms with Crippen LogP contribution in [-0.2, 0) is 0 Å². The Morgan fingerprint density at radius 3 is 2.66 bits per heavy atom. The van der Waals surface area contributed by atoms with Crippen LogP contribution in [0.4, 0.5) is 5.69 Å². The van der Waals surface area contributed by atoms with Crippen LogP contribution < -0.4 is 20.3 Å². The van der Waals surface area contributed by atoms with Crippen LogP contribution in [-0.4, -0.2) is 70.3 Å². The second kappa shape index (κ2) is 12.5. The number of methoxy groups -OCH3 is 1. The second-order valence-corrected chi connectivity index (χ2v) is 8.04. The number of hydrogen-bond donors (Lipinski definition) is 2. The monoisotopic (exact) mass is 515 g/mol. The van der Waals surface area contributed by atoms with E-state index in [9.17, 15) is 0 Å². The van der Waals surface area contributed by atoms with Crippen molar-refractivity contribution in [2.24, 2.45) is 10.9 Å². The highest BCUT2D eigenvalue weighted by Gasteiger charge is 2.25. The molecule has 29 heavy (non-hydrogen) atoms. The molecule has 1 aromatic rings. The Bertz CT molecular complexity index is 633. The minimum atomic E-state index is 0. The number of anilines is 1. The van der Waals surface area contributed by atoms with Gasteiger partial charge >= 0.3 is 0 Å². The third-order valence-electron chi connectivity index (χ3n) is 5.94. The van der Waals surface area contributed by atoms with Crippen LogP contribution in [0.1, 0.15) is 32.6 Å². The zero-order chi connectivity index (χ0) is 19.8. The molecule has 2 heterocycles. The molecule has 0 aromatic heterocycles. The van der Waals surface area contributed by atoms with Crippen LogP contribution >= 0.6 is 24.0 Å². The van der Waals surface area contributed by atoms with Gasteiger partial charge in [-0.1, -0.05) is 12.1 Å². The van der Waals surface area contributed by atoms with Gasteiger partial charge in [0.1, 0.15) is 5.75 Å². The second-order valence-electron chi connectivity index (χ2n) is 8.04. The van der Waals surface area contributed by atoms with E-state index >= 15 is 0 Å². The van der Waals surface area contributed by atoms with Crippen molar-refractivity contribution in [1.82, 2.24) is 15.5 Å². The van der Waals surface area contributed by atoms with Gasteiger partial charge in [-0.25, -0.2) is 0 Å². The normalized spacial score (nSPS) is 21.0. The van der Waals surface area contributed by atoms with Gasteiger partial charge in [-0.05, 0) is 70.8 Å². The Morgan fingerprint density at radius 2 is 1.93 bits per heavy atom. The van der Waals surface area contributed by atoms with Gasteiger partial charge < -0.3 is 25.2 Å². The molecule has 0 saturated carbocycles. The number of para-hydroxylation sites is 2. The van der Waals surface area contributed by atoms with Crippen molar-refractivity contribution in [1.29, 1.82) is 0 Å². The Balaban J connectivity index is 0.00000300. The highest BCUT2D eigenvalue weighted by atomic mass is 127. The number of piperidine rings is 1. The Morgan fingerprint density at radius 1 is 1.17 bits per heavy atom. The number of nitrogens with one attached hydrogen (secondary N) is 2. The van der Waals surface area contributed by atoms with Crippen molar-refractivity contribution in [3.8, 4) is 5.75 Å². The lowest BCUT2D eigenvalue weighted by molar-refractivity contribution is 0.214. The van der Waals surface area contributed by atoms with E-state index in [2.05, 4.69) is 46.5 Å². The molecule has 7 heteroatoms. The molecule has 1 atom stereocenters. The Labute approximate surface area is 193 Å². The molecule has 3 rings (SSSR count). The predicted octanol–water partition coefficient (Wildman–Crippen LogP) is 3.18. The number of ether oxygens (including phenoxy) is 1. The van der Waals surface area contributed by atoms with E-state index in [1.165, 1.54) is 38.0 Å². The highest BCUT2D eigenvalue weighted by molar-refractivity contribution is 14.0. The molecule has 0 amide bonds. The van der Waals surface area contributed by atoms with Crippen molar-refractivity contribution in [3.63, 3.8) is 0 Å². The number of hydrogen-bond acceptors (Lipinski definition) is 4. The molecule has 1 aromatic carbocycles. The van der Waals surface area contributed by atoms with E-state index in [0.29, 0.717) is 6.04 Å². The first-order valence-corrected chi connectivity index (χ1v) is 10.8. The van der Waals surface area contributed by atoms with Crippen LogP contribution in [0.2, 0.25) is 0 Å². The van der Waals surface area contributed by atoms with Crippen molar-refractivity contribution in [2.45, 2.75) is 38.6 Å². The fraction of sp³-hybridized carbons (Fsp3) is 0.682. The maximum Gasteiger partial charge on any atom is 0.191 e. The van der Waals surface area contributed by atoms with Crippen LogP contribution in [0.25, 0.3) is 0 Å². The summed E-state index contributed by atoms with van der Waals surface area (Å²) >= 11 is 0. The maximum atomic E-state index is 5.53. The minimum Gasteiger partial charge on any atom is -0.495 e. The molecule has 6 nitrogen and oxygen atoms in total. The van der Waals surface area contributed by atoms with Crippen LogP contribution in [0.3, 0.4) is 0 Å². The molecule has 2 aliphatic rings. The van der Waals surface area contributed by atoms with Gasteiger partial charge in [0.05, 0.1) is 12.8 Å². The molecule has 0 bridgehead atoms. The zero-order valence-corrected chi connectivity index (χ0v) is 20.5. The zero-order valence-electron chi connectivity index (χ0n) is 18.2. The van der Waals surface area contributed by atoms with Gasteiger partial charge in [0.25, 0.3) is 0 Å². The predicted molar refractivity (Wildman–Crippen MR) is 133 cm³/mol. The van der Waals surface area contributed by atoms with E-state index in [-0.39, 0.29) is 24.0 Å².